The highest BCUT2D eigenvalue weighted by Crippen LogP contribution is 2.63. The molecular weight excluding hydrogens is 315 g/mol. The van der Waals surface area contributed by atoms with Crippen LogP contribution in [-0.2, 0) is 19.7 Å². The molecule has 19 heavy (non-hydrogen) atoms. The lowest BCUT2D eigenvalue weighted by atomic mass is 9.66. The fourth-order valence-electron chi connectivity index (χ4n) is 3.06. The Labute approximate surface area is 119 Å². The number of ether oxygens (including phenoxy) is 2. The van der Waals surface area contributed by atoms with Gasteiger partial charge in [-0.15, -0.1) is 0 Å². The van der Waals surface area contributed by atoms with Crippen LogP contribution in [0.25, 0.3) is 0 Å². The van der Waals surface area contributed by atoms with E-state index in [9.17, 15) is 9.18 Å². The first kappa shape index (κ1) is 13.1. The van der Waals surface area contributed by atoms with Crippen molar-refractivity contribution in [3.05, 3.63) is 34.1 Å². The second-order valence-electron chi connectivity index (χ2n) is 5.27. The summed E-state index contributed by atoms with van der Waals surface area (Å²) in [7, 11) is 1.38. The largest absolute Gasteiger partial charge is 0.469 e. The monoisotopic (exact) mass is 328 g/mol. The number of hydrogen-bond donors (Lipinski definition) is 0. The number of benzene rings is 1. The minimum Gasteiger partial charge on any atom is -0.469 e. The van der Waals surface area contributed by atoms with Crippen LogP contribution in [0.4, 0.5) is 4.39 Å². The zero-order valence-electron chi connectivity index (χ0n) is 10.5. The van der Waals surface area contributed by atoms with E-state index in [0.29, 0.717) is 18.8 Å². The predicted octanol–water partition coefficient (Wildman–Crippen LogP) is 2.81. The van der Waals surface area contributed by atoms with Crippen molar-refractivity contribution in [2.24, 2.45) is 5.41 Å². The van der Waals surface area contributed by atoms with Crippen molar-refractivity contribution in [1.82, 2.24) is 0 Å². The molecule has 5 heteroatoms. The third-order valence-electron chi connectivity index (χ3n) is 4.38. The number of carbonyl (C=O) groups excluding carboxylic acids is 1. The summed E-state index contributed by atoms with van der Waals surface area (Å²) in [5.41, 5.74) is -0.633. The molecule has 102 valence electrons. The van der Waals surface area contributed by atoms with Crippen molar-refractivity contribution < 1.29 is 18.7 Å². The molecule has 1 aliphatic carbocycles. The van der Waals surface area contributed by atoms with Gasteiger partial charge in [-0.25, -0.2) is 4.39 Å². The van der Waals surface area contributed by atoms with E-state index >= 15 is 0 Å². The van der Waals surface area contributed by atoms with Gasteiger partial charge in [-0.2, -0.15) is 0 Å². The van der Waals surface area contributed by atoms with Crippen molar-refractivity contribution in [1.29, 1.82) is 0 Å². The summed E-state index contributed by atoms with van der Waals surface area (Å²) in [6.45, 7) is 0.741. The summed E-state index contributed by atoms with van der Waals surface area (Å²) in [6.07, 6.45) is 1.46. The molecule has 0 unspecified atom stereocenters. The Hall–Kier alpha value is -0.940. The molecule has 1 aromatic carbocycles. The van der Waals surface area contributed by atoms with Gasteiger partial charge in [-0.3, -0.25) is 4.79 Å². The minimum atomic E-state index is -0.609. The molecule has 1 heterocycles. The number of hydrogen-bond acceptors (Lipinski definition) is 3. The Morgan fingerprint density at radius 1 is 1.42 bits per heavy atom. The van der Waals surface area contributed by atoms with Crippen LogP contribution < -0.4 is 0 Å². The molecule has 0 bridgehead atoms. The topological polar surface area (TPSA) is 35.5 Å². The van der Waals surface area contributed by atoms with Gasteiger partial charge in [-0.05, 0) is 31.0 Å². The molecule has 2 fully saturated rings. The first-order valence-electron chi connectivity index (χ1n) is 6.17. The van der Waals surface area contributed by atoms with Crippen LogP contribution >= 0.6 is 15.9 Å². The fourth-order valence-corrected chi connectivity index (χ4v) is 3.42. The summed E-state index contributed by atoms with van der Waals surface area (Å²) >= 11 is 3.36. The lowest BCUT2D eigenvalue weighted by molar-refractivity contribution is -0.165. The van der Waals surface area contributed by atoms with Crippen LogP contribution in [-0.4, -0.2) is 26.3 Å². The van der Waals surface area contributed by atoms with Crippen LogP contribution in [0.3, 0.4) is 0 Å². The quantitative estimate of drug-likeness (QED) is 0.800. The van der Waals surface area contributed by atoms with E-state index in [2.05, 4.69) is 15.9 Å². The predicted molar refractivity (Wildman–Crippen MR) is 70.3 cm³/mol. The Kier molecular flexibility index (Phi) is 2.94. The van der Waals surface area contributed by atoms with E-state index in [1.54, 1.807) is 12.1 Å². The summed E-state index contributed by atoms with van der Waals surface area (Å²) in [5, 5.41) is 0. The molecule has 0 N–H and O–H groups in total. The third-order valence-corrected chi connectivity index (χ3v) is 4.88. The highest BCUT2D eigenvalue weighted by atomic mass is 79.9. The van der Waals surface area contributed by atoms with Gasteiger partial charge in [0, 0.05) is 10.0 Å². The zero-order valence-corrected chi connectivity index (χ0v) is 12.1. The van der Waals surface area contributed by atoms with Gasteiger partial charge in [0.05, 0.1) is 31.2 Å². The molecule has 3 nitrogen and oxygen atoms in total. The van der Waals surface area contributed by atoms with E-state index in [0.717, 1.165) is 17.3 Å². The van der Waals surface area contributed by atoms with Gasteiger partial charge in [0.1, 0.15) is 5.82 Å². The molecule has 1 aromatic rings. The Balaban J connectivity index is 2.09. The molecule has 0 amide bonds. The maximum absolute atomic E-state index is 14.2. The zero-order chi connectivity index (χ0) is 13.7. The lowest BCUT2D eigenvalue weighted by Gasteiger charge is -2.47. The molecule has 0 spiro atoms. The highest BCUT2D eigenvalue weighted by Gasteiger charge is 2.69. The molecule has 3 rings (SSSR count). The van der Waals surface area contributed by atoms with Crippen molar-refractivity contribution in [2.75, 3.05) is 20.3 Å². The minimum absolute atomic E-state index is 0.254. The van der Waals surface area contributed by atoms with E-state index in [1.807, 2.05) is 0 Å². The summed E-state index contributed by atoms with van der Waals surface area (Å²) in [5.74, 6) is -0.545. The molecule has 1 aliphatic heterocycles. The van der Waals surface area contributed by atoms with Crippen LogP contribution in [0.1, 0.15) is 18.4 Å². The molecule has 1 saturated heterocycles. The highest BCUT2D eigenvalue weighted by molar-refractivity contribution is 9.10. The molecule has 1 saturated carbocycles. The van der Waals surface area contributed by atoms with Crippen LogP contribution in [0.15, 0.2) is 22.7 Å². The Morgan fingerprint density at radius 2 is 2.11 bits per heavy atom. The average molecular weight is 329 g/mol. The number of halogens is 2. The Bertz CT molecular complexity index is 535. The lowest BCUT2D eigenvalue weighted by Crippen LogP contribution is -2.57. The fraction of sp³-hybridized carbons (Fsp3) is 0.500. The summed E-state index contributed by atoms with van der Waals surface area (Å²) in [6, 6.07) is 4.83. The van der Waals surface area contributed by atoms with E-state index < -0.39 is 10.8 Å². The van der Waals surface area contributed by atoms with Crippen molar-refractivity contribution >= 4 is 21.9 Å². The second kappa shape index (κ2) is 4.28. The van der Waals surface area contributed by atoms with Crippen molar-refractivity contribution in [3.63, 3.8) is 0 Å². The van der Waals surface area contributed by atoms with Crippen molar-refractivity contribution in [3.8, 4) is 0 Å². The van der Waals surface area contributed by atoms with E-state index in [4.69, 9.17) is 9.47 Å². The Morgan fingerprint density at radius 3 is 2.58 bits per heavy atom. The van der Waals surface area contributed by atoms with Crippen LogP contribution in [0.2, 0.25) is 0 Å². The first-order chi connectivity index (χ1) is 9.06. The van der Waals surface area contributed by atoms with Gasteiger partial charge >= 0.3 is 5.97 Å². The SMILES string of the molecule is COC(=O)C1(C2(c3cc(Br)ccc3F)COC2)CC1. The second-order valence-corrected chi connectivity index (χ2v) is 6.19. The van der Waals surface area contributed by atoms with Gasteiger partial charge in [0.2, 0.25) is 0 Å². The molecule has 0 aromatic heterocycles. The molecule has 0 radical (unpaired) electrons. The van der Waals surface area contributed by atoms with Crippen LogP contribution in [0.5, 0.6) is 0 Å². The van der Waals surface area contributed by atoms with Gasteiger partial charge in [0.25, 0.3) is 0 Å². The van der Waals surface area contributed by atoms with E-state index in [1.165, 1.54) is 13.2 Å². The van der Waals surface area contributed by atoms with Crippen molar-refractivity contribution in [2.45, 2.75) is 18.3 Å². The third kappa shape index (κ3) is 1.68. The summed E-state index contributed by atoms with van der Waals surface area (Å²) in [4.78, 5) is 12.1. The molecule has 0 atom stereocenters. The summed E-state index contributed by atoms with van der Waals surface area (Å²) < 4.78 is 25.2. The molecule has 2 aliphatic rings. The van der Waals surface area contributed by atoms with E-state index in [-0.39, 0.29) is 11.8 Å². The maximum atomic E-state index is 14.2. The number of methoxy groups -OCH3 is 1. The number of carbonyl (C=O) groups is 1. The number of esters is 1. The van der Waals surface area contributed by atoms with Gasteiger partial charge < -0.3 is 9.47 Å². The van der Waals surface area contributed by atoms with Gasteiger partial charge in [-0.1, -0.05) is 15.9 Å². The maximum Gasteiger partial charge on any atom is 0.312 e. The number of rotatable bonds is 3. The normalized spacial score (nSPS) is 22.5. The van der Waals surface area contributed by atoms with Crippen LogP contribution in [0, 0.1) is 11.2 Å². The average Bonchev–Trinajstić information content (AvgIpc) is 3.13. The first-order valence-corrected chi connectivity index (χ1v) is 6.97. The molecular formula is C14H14BrFO3. The standard InChI is InChI=1S/C14H14BrFO3/c1-18-12(17)13(4-5-13)14(7-19-8-14)10-6-9(15)2-3-11(10)16/h2-3,6H,4-5,7-8H2,1H3. The smallest absolute Gasteiger partial charge is 0.312 e. The van der Waals surface area contributed by atoms with Gasteiger partial charge in [0.15, 0.2) is 0 Å².